The maximum absolute atomic E-state index is 11.8. The van der Waals surface area contributed by atoms with E-state index in [0.29, 0.717) is 17.4 Å². The zero-order valence-corrected chi connectivity index (χ0v) is 12.9. The van der Waals surface area contributed by atoms with E-state index in [9.17, 15) is 9.59 Å². The molecule has 2 amide bonds. The largest absolute Gasteiger partial charge is 0.453 e. The summed E-state index contributed by atoms with van der Waals surface area (Å²) in [5, 5.41) is 7.43. The van der Waals surface area contributed by atoms with Crippen molar-refractivity contribution in [2.75, 3.05) is 19.0 Å². The van der Waals surface area contributed by atoms with Gasteiger partial charge in [-0.25, -0.2) is 9.78 Å². The predicted octanol–water partition coefficient (Wildman–Crippen LogP) is 1.62. The Morgan fingerprint density at radius 3 is 2.82 bits per heavy atom. The first-order valence-corrected chi connectivity index (χ1v) is 7.50. The Hall–Kier alpha value is -2.48. The number of rotatable bonds is 6. The fraction of sp³-hybridized carbons (Fsp3) is 0.286. The van der Waals surface area contributed by atoms with Crippen molar-refractivity contribution < 1.29 is 14.3 Å². The van der Waals surface area contributed by atoms with Crippen LogP contribution < -0.4 is 10.6 Å². The zero-order valence-electron chi connectivity index (χ0n) is 12.0. The molecule has 2 heterocycles. The average molecular weight is 320 g/mol. The van der Waals surface area contributed by atoms with Crippen LogP contribution in [0.25, 0.3) is 0 Å². The minimum Gasteiger partial charge on any atom is -0.453 e. The number of amides is 2. The summed E-state index contributed by atoms with van der Waals surface area (Å²) in [6, 6.07) is 3.83. The SMILES string of the molecule is COC(=O)Nc1nc(CC(=O)NCCc2ccncc2)cs1. The minimum absolute atomic E-state index is 0.107. The summed E-state index contributed by atoms with van der Waals surface area (Å²) in [5.74, 6) is -0.107. The van der Waals surface area contributed by atoms with Crippen LogP contribution in [0.5, 0.6) is 0 Å². The fourth-order valence-electron chi connectivity index (χ4n) is 1.71. The van der Waals surface area contributed by atoms with Gasteiger partial charge in [0.15, 0.2) is 5.13 Å². The number of aromatic nitrogens is 2. The van der Waals surface area contributed by atoms with Gasteiger partial charge in [0.1, 0.15) is 0 Å². The molecule has 0 atom stereocenters. The third-order valence-electron chi connectivity index (χ3n) is 2.77. The molecule has 0 saturated heterocycles. The van der Waals surface area contributed by atoms with Crippen LogP contribution in [0.15, 0.2) is 29.9 Å². The van der Waals surface area contributed by atoms with Crippen molar-refractivity contribution in [3.63, 3.8) is 0 Å². The highest BCUT2D eigenvalue weighted by Crippen LogP contribution is 2.15. The van der Waals surface area contributed by atoms with E-state index in [0.717, 1.165) is 12.0 Å². The van der Waals surface area contributed by atoms with Crippen LogP contribution in [0, 0.1) is 0 Å². The molecule has 2 N–H and O–H groups in total. The fourth-order valence-corrected chi connectivity index (χ4v) is 2.40. The third kappa shape index (κ3) is 5.13. The van der Waals surface area contributed by atoms with Crippen LogP contribution in [-0.4, -0.2) is 35.6 Å². The topological polar surface area (TPSA) is 93.2 Å². The number of thiazole rings is 1. The molecule has 2 aromatic heterocycles. The molecule has 0 aliphatic heterocycles. The van der Waals surface area contributed by atoms with Gasteiger partial charge < -0.3 is 10.1 Å². The maximum Gasteiger partial charge on any atom is 0.413 e. The van der Waals surface area contributed by atoms with E-state index in [2.05, 4.69) is 25.3 Å². The Labute approximate surface area is 131 Å². The Kier molecular flexibility index (Phi) is 5.84. The lowest BCUT2D eigenvalue weighted by molar-refractivity contribution is -0.120. The average Bonchev–Trinajstić information content (AvgIpc) is 2.95. The number of anilines is 1. The molecule has 8 heteroatoms. The molecular weight excluding hydrogens is 304 g/mol. The number of pyridine rings is 1. The normalized spacial score (nSPS) is 10.0. The van der Waals surface area contributed by atoms with Crippen molar-refractivity contribution in [2.24, 2.45) is 0 Å². The molecule has 0 aliphatic carbocycles. The number of hydrogen-bond acceptors (Lipinski definition) is 6. The van der Waals surface area contributed by atoms with Gasteiger partial charge in [-0.15, -0.1) is 11.3 Å². The maximum atomic E-state index is 11.8. The van der Waals surface area contributed by atoms with Crippen molar-refractivity contribution in [3.8, 4) is 0 Å². The molecule has 0 bridgehead atoms. The standard InChI is InChI=1S/C14H16N4O3S/c1-21-14(20)18-13-17-11(9-22-13)8-12(19)16-7-4-10-2-5-15-6-3-10/h2-3,5-6,9H,4,7-8H2,1H3,(H,16,19)(H,17,18,20). The summed E-state index contributed by atoms with van der Waals surface area (Å²) >= 11 is 1.25. The number of methoxy groups -OCH3 is 1. The van der Waals surface area contributed by atoms with Crippen molar-refractivity contribution in [1.29, 1.82) is 0 Å². The molecule has 0 fully saturated rings. The summed E-state index contributed by atoms with van der Waals surface area (Å²) in [4.78, 5) is 30.9. The zero-order chi connectivity index (χ0) is 15.8. The van der Waals surface area contributed by atoms with Crippen LogP contribution in [0.2, 0.25) is 0 Å². The van der Waals surface area contributed by atoms with Gasteiger partial charge in [-0.05, 0) is 24.1 Å². The van der Waals surface area contributed by atoms with Crippen LogP contribution in [0.4, 0.5) is 9.93 Å². The molecule has 116 valence electrons. The van der Waals surface area contributed by atoms with E-state index in [4.69, 9.17) is 0 Å². The van der Waals surface area contributed by atoms with Gasteiger partial charge in [0.2, 0.25) is 5.91 Å². The molecule has 7 nitrogen and oxygen atoms in total. The molecule has 22 heavy (non-hydrogen) atoms. The van der Waals surface area contributed by atoms with Crippen LogP contribution in [0.3, 0.4) is 0 Å². The van der Waals surface area contributed by atoms with Gasteiger partial charge in [-0.1, -0.05) is 0 Å². The number of hydrogen-bond donors (Lipinski definition) is 2. The third-order valence-corrected chi connectivity index (χ3v) is 3.58. The summed E-state index contributed by atoms with van der Waals surface area (Å²) in [7, 11) is 1.28. The molecule has 2 aromatic rings. The lowest BCUT2D eigenvalue weighted by Crippen LogP contribution is -2.27. The van der Waals surface area contributed by atoms with E-state index in [1.54, 1.807) is 17.8 Å². The van der Waals surface area contributed by atoms with Gasteiger partial charge in [0.25, 0.3) is 0 Å². The van der Waals surface area contributed by atoms with E-state index < -0.39 is 6.09 Å². The number of nitrogens with zero attached hydrogens (tertiary/aromatic N) is 2. The Morgan fingerprint density at radius 1 is 1.32 bits per heavy atom. The van der Waals surface area contributed by atoms with Crippen molar-refractivity contribution in [3.05, 3.63) is 41.2 Å². The molecule has 2 rings (SSSR count). The van der Waals surface area contributed by atoms with E-state index in [1.165, 1.54) is 18.4 Å². The molecule has 0 spiro atoms. The lowest BCUT2D eigenvalue weighted by atomic mass is 10.2. The smallest absolute Gasteiger partial charge is 0.413 e. The second-order valence-electron chi connectivity index (χ2n) is 4.39. The highest BCUT2D eigenvalue weighted by molar-refractivity contribution is 7.13. The Balaban J connectivity index is 1.74. The second kappa shape index (κ2) is 8.08. The van der Waals surface area contributed by atoms with E-state index in [-0.39, 0.29) is 12.3 Å². The number of carbonyl (C=O) groups is 2. The van der Waals surface area contributed by atoms with Crippen LogP contribution in [-0.2, 0) is 22.4 Å². The van der Waals surface area contributed by atoms with Crippen molar-refractivity contribution in [2.45, 2.75) is 12.8 Å². The Morgan fingerprint density at radius 2 is 2.09 bits per heavy atom. The summed E-state index contributed by atoms with van der Waals surface area (Å²) in [5.41, 5.74) is 1.73. The first-order valence-electron chi connectivity index (χ1n) is 6.62. The molecule has 0 aliphatic rings. The van der Waals surface area contributed by atoms with Gasteiger partial charge in [0, 0.05) is 24.3 Å². The molecule has 0 aromatic carbocycles. The van der Waals surface area contributed by atoms with Gasteiger partial charge in [0.05, 0.1) is 19.2 Å². The first kappa shape index (κ1) is 15.9. The summed E-state index contributed by atoms with van der Waals surface area (Å²) in [6.45, 7) is 0.556. The van der Waals surface area contributed by atoms with Gasteiger partial charge in [-0.2, -0.15) is 0 Å². The highest BCUT2D eigenvalue weighted by Gasteiger charge is 2.09. The number of carbonyl (C=O) groups excluding carboxylic acids is 2. The van der Waals surface area contributed by atoms with E-state index >= 15 is 0 Å². The second-order valence-corrected chi connectivity index (χ2v) is 5.25. The van der Waals surface area contributed by atoms with Crippen molar-refractivity contribution in [1.82, 2.24) is 15.3 Å². The first-order chi connectivity index (χ1) is 10.7. The summed E-state index contributed by atoms with van der Waals surface area (Å²) in [6.07, 6.45) is 3.79. The molecule has 0 saturated carbocycles. The number of ether oxygens (including phenoxy) is 1. The minimum atomic E-state index is -0.581. The van der Waals surface area contributed by atoms with Gasteiger partial charge in [-0.3, -0.25) is 15.1 Å². The molecular formula is C14H16N4O3S. The molecule has 0 unspecified atom stereocenters. The summed E-state index contributed by atoms with van der Waals surface area (Å²) < 4.78 is 4.47. The lowest BCUT2D eigenvalue weighted by Gasteiger charge is -2.04. The Bertz CT molecular complexity index is 630. The quantitative estimate of drug-likeness (QED) is 0.843. The van der Waals surface area contributed by atoms with Crippen LogP contribution in [0.1, 0.15) is 11.3 Å². The van der Waals surface area contributed by atoms with E-state index in [1.807, 2.05) is 12.1 Å². The van der Waals surface area contributed by atoms with Gasteiger partial charge >= 0.3 is 6.09 Å². The molecule has 0 radical (unpaired) electrons. The number of nitrogens with one attached hydrogen (secondary N) is 2. The monoisotopic (exact) mass is 320 g/mol. The van der Waals surface area contributed by atoms with Crippen LogP contribution >= 0.6 is 11.3 Å². The predicted molar refractivity (Wildman–Crippen MR) is 82.8 cm³/mol. The highest BCUT2D eigenvalue weighted by atomic mass is 32.1. The van der Waals surface area contributed by atoms with Crippen molar-refractivity contribution >= 4 is 28.5 Å².